The number of hydrogen-bond acceptors (Lipinski definition) is 2. The predicted octanol–water partition coefficient (Wildman–Crippen LogP) is 1.94. The molecule has 13 heavy (non-hydrogen) atoms. The molecule has 2 nitrogen and oxygen atoms in total. The van der Waals surface area contributed by atoms with Gasteiger partial charge in [-0.1, -0.05) is 18.9 Å². The molecule has 0 aliphatic carbocycles. The third-order valence-electron chi connectivity index (χ3n) is 2.59. The molecule has 0 amide bonds. The van der Waals surface area contributed by atoms with Crippen LogP contribution in [0.1, 0.15) is 26.7 Å². The molecule has 0 aromatic rings. The van der Waals surface area contributed by atoms with Crippen molar-refractivity contribution in [2.24, 2.45) is 0 Å². The van der Waals surface area contributed by atoms with E-state index in [2.05, 4.69) is 36.9 Å². The van der Waals surface area contributed by atoms with Crippen LogP contribution in [-0.2, 0) is 0 Å². The molecule has 76 valence electrons. The summed E-state index contributed by atoms with van der Waals surface area (Å²) in [4.78, 5) is 4.84. The summed E-state index contributed by atoms with van der Waals surface area (Å²) in [5, 5.41) is 0. The number of piperazine rings is 1. The summed E-state index contributed by atoms with van der Waals surface area (Å²) in [5.74, 6) is 0. The zero-order valence-electron chi connectivity index (χ0n) is 9.21. The van der Waals surface area contributed by atoms with Crippen LogP contribution in [0.3, 0.4) is 0 Å². The fourth-order valence-electron chi connectivity index (χ4n) is 1.72. The van der Waals surface area contributed by atoms with Crippen molar-refractivity contribution < 1.29 is 0 Å². The molecule has 0 aromatic heterocycles. The lowest BCUT2D eigenvalue weighted by Gasteiger charge is -2.32. The minimum atomic E-state index is 1.19. The maximum Gasteiger partial charge on any atom is 0.0300 e. The molecule has 0 spiro atoms. The summed E-state index contributed by atoms with van der Waals surface area (Å²) in [6.45, 7) is 9.27. The van der Waals surface area contributed by atoms with Gasteiger partial charge in [0.25, 0.3) is 0 Å². The van der Waals surface area contributed by atoms with Crippen LogP contribution in [-0.4, -0.2) is 43.0 Å². The van der Waals surface area contributed by atoms with E-state index in [1.165, 1.54) is 44.6 Å². The van der Waals surface area contributed by atoms with E-state index in [1.54, 1.807) is 0 Å². The van der Waals surface area contributed by atoms with Gasteiger partial charge in [-0.2, -0.15) is 0 Å². The first-order valence-corrected chi connectivity index (χ1v) is 5.32. The molecule has 1 saturated heterocycles. The van der Waals surface area contributed by atoms with Crippen LogP contribution in [0, 0.1) is 0 Å². The molecule has 1 aliphatic heterocycles. The molecular formula is C11H22N2. The highest BCUT2D eigenvalue weighted by atomic mass is 15.2. The van der Waals surface area contributed by atoms with Gasteiger partial charge in [-0.15, -0.1) is 0 Å². The zero-order chi connectivity index (χ0) is 9.68. The first kappa shape index (κ1) is 10.6. The molecule has 0 saturated carbocycles. The Morgan fingerprint density at radius 2 is 1.85 bits per heavy atom. The molecule has 2 heteroatoms. The molecule has 0 aromatic carbocycles. The van der Waals surface area contributed by atoms with Crippen molar-refractivity contribution in [3.8, 4) is 0 Å². The summed E-state index contributed by atoms with van der Waals surface area (Å²) in [6, 6.07) is 0. The van der Waals surface area contributed by atoms with E-state index >= 15 is 0 Å². The van der Waals surface area contributed by atoms with Gasteiger partial charge in [0.2, 0.25) is 0 Å². The third-order valence-corrected chi connectivity index (χ3v) is 2.59. The summed E-state index contributed by atoms with van der Waals surface area (Å²) in [7, 11) is 2.19. The predicted molar refractivity (Wildman–Crippen MR) is 57.7 cm³/mol. The largest absolute Gasteiger partial charge is 0.375 e. The Bertz CT molecular complexity index is 167. The Morgan fingerprint density at radius 1 is 1.23 bits per heavy atom. The summed E-state index contributed by atoms with van der Waals surface area (Å²) in [6.07, 6.45) is 4.85. The molecule has 0 radical (unpaired) electrons. The van der Waals surface area contributed by atoms with Crippen LogP contribution in [0.4, 0.5) is 0 Å². The SMILES string of the molecule is CCCC(C)=CN1CCN(C)CC1. The molecule has 0 bridgehead atoms. The van der Waals surface area contributed by atoms with Crippen molar-refractivity contribution in [2.45, 2.75) is 26.7 Å². The summed E-state index contributed by atoms with van der Waals surface area (Å²) >= 11 is 0. The van der Waals surface area contributed by atoms with Crippen molar-refractivity contribution in [1.29, 1.82) is 0 Å². The second kappa shape index (κ2) is 5.28. The molecule has 1 fully saturated rings. The van der Waals surface area contributed by atoms with Crippen molar-refractivity contribution in [3.63, 3.8) is 0 Å². The first-order chi connectivity index (χ1) is 6.22. The third kappa shape index (κ3) is 3.81. The number of rotatable bonds is 3. The average Bonchev–Trinajstić information content (AvgIpc) is 2.09. The Hall–Kier alpha value is -0.500. The highest BCUT2D eigenvalue weighted by Crippen LogP contribution is 2.07. The van der Waals surface area contributed by atoms with Crippen LogP contribution < -0.4 is 0 Å². The molecule has 1 aliphatic rings. The van der Waals surface area contributed by atoms with Gasteiger partial charge in [0, 0.05) is 26.2 Å². The monoisotopic (exact) mass is 182 g/mol. The quantitative estimate of drug-likeness (QED) is 0.658. The van der Waals surface area contributed by atoms with Gasteiger partial charge in [0.15, 0.2) is 0 Å². The lowest BCUT2D eigenvalue weighted by atomic mass is 10.2. The topological polar surface area (TPSA) is 6.48 Å². The minimum absolute atomic E-state index is 1.19. The van der Waals surface area contributed by atoms with Crippen molar-refractivity contribution in [3.05, 3.63) is 11.8 Å². The minimum Gasteiger partial charge on any atom is -0.375 e. The Balaban J connectivity index is 2.32. The van der Waals surface area contributed by atoms with Crippen molar-refractivity contribution in [1.82, 2.24) is 9.80 Å². The van der Waals surface area contributed by atoms with Crippen molar-refractivity contribution in [2.75, 3.05) is 33.2 Å². The standard InChI is InChI=1S/C11H22N2/c1-4-5-11(2)10-13-8-6-12(3)7-9-13/h10H,4-9H2,1-3H3. The highest BCUT2D eigenvalue weighted by molar-refractivity contribution is 4.98. The second-order valence-corrected chi connectivity index (χ2v) is 4.06. The van der Waals surface area contributed by atoms with E-state index < -0.39 is 0 Å². The lowest BCUT2D eigenvalue weighted by Crippen LogP contribution is -2.41. The number of allylic oxidation sites excluding steroid dienone is 1. The molecule has 1 rings (SSSR count). The molecule has 0 N–H and O–H groups in total. The van der Waals surface area contributed by atoms with E-state index in [0.717, 1.165) is 0 Å². The summed E-state index contributed by atoms with van der Waals surface area (Å²) in [5.41, 5.74) is 1.52. The van der Waals surface area contributed by atoms with Gasteiger partial charge in [-0.05, 0) is 26.6 Å². The Morgan fingerprint density at radius 3 is 2.38 bits per heavy atom. The Labute approximate surface area is 82.2 Å². The second-order valence-electron chi connectivity index (χ2n) is 4.06. The molecule has 0 atom stereocenters. The maximum atomic E-state index is 2.45. The van der Waals surface area contributed by atoms with E-state index in [1.807, 2.05) is 0 Å². The fourth-order valence-corrected chi connectivity index (χ4v) is 1.72. The van der Waals surface area contributed by atoms with Gasteiger partial charge in [-0.3, -0.25) is 0 Å². The Kier molecular flexibility index (Phi) is 4.29. The zero-order valence-corrected chi connectivity index (χ0v) is 9.21. The van der Waals surface area contributed by atoms with Crippen LogP contribution >= 0.6 is 0 Å². The van der Waals surface area contributed by atoms with Crippen LogP contribution in [0.25, 0.3) is 0 Å². The lowest BCUT2D eigenvalue weighted by molar-refractivity contribution is 0.197. The van der Waals surface area contributed by atoms with Crippen LogP contribution in [0.5, 0.6) is 0 Å². The maximum absolute atomic E-state index is 2.45. The van der Waals surface area contributed by atoms with E-state index in [0.29, 0.717) is 0 Å². The van der Waals surface area contributed by atoms with Gasteiger partial charge < -0.3 is 9.80 Å². The molecular weight excluding hydrogens is 160 g/mol. The van der Waals surface area contributed by atoms with Gasteiger partial charge in [0.1, 0.15) is 0 Å². The normalized spacial score (nSPS) is 20.8. The number of nitrogens with zero attached hydrogens (tertiary/aromatic N) is 2. The van der Waals surface area contributed by atoms with E-state index in [9.17, 15) is 0 Å². The smallest absolute Gasteiger partial charge is 0.0300 e. The van der Waals surface area contributed by atoms with Gasteiger partial charge in [0.05, 0.1) is 0 Å². The number of hydrogen-bond donors (Lipinski definition) is 0. The van der Waals surface area contributed by atoms with Crippen LogP contribution in [0.2, 0.25) is 0 Å². The number of likely N-dealkylation sites (N-methyl/N-ethyl adjacent to an activating group) is 1. The molecule has 0 unspecified atom stereocenters. The van der Waals surface area contributed by atoms with E-state index in [-0.39, 0.29) is 0 Å². The molecule has 1 heterocycles. The highest BCUT2D eigenvalue weighted by Gasteiger charge is 2.10. The van der Waals surface area contributed by atoms with Gasteiger partial charge >= 0.3 is 0 Å². The van der Waals surface area contributed by atoms with Crippen LogP contribution in [0.15, 0.2) is 11.8 Å². The average molecular weight is 182 g/mol. The van der Waals surface area contributed by atoms with Crippen molar-refractivity contribution >= 4 is 0 Å². The first-order valence-electron chi connectivity index (χ1n) is 5.32. The fraction of sp³-hybridized carbons (Fsp3) is 0.818. The summed E-state index contributed by atoms with van der Waals surface area (Å²) < 4.78 is 0. The van der Waals surface area contributed by atoms with E-state index in [4.69, 9.17) is 0 Å². The van der Waals surface area contributed by atoms with Gasteiger partial charge in [-0.25, -0.2) is 0 Å².